The van der Waals surface area contributed by atoms with Gasteiger partial charge in [-0.1, -0.05) is 30.3 Å². The number of likely N-dealkylation sites (tertiary alicyclic amines) is 1. The van der Waals surface area contributed by atoms with E-state index in [0.29, 0.717) is 26.1 Å². The quantitative estimate of drug-likeness (QED) is 0.737. The fraction of sp³-hybridized carbons (Fsp3) is 0.318. The highest BCUT2D eigenvalue weighted by atomic mass is 16.3. The third-order valence-electron chi connectivity index (χ3n) is 6.30. The highest BCUT2D eigenvalue weighted by molar-refractivity contribution is 6.09. The van der Waals surface area contributed by atoms with Crippen molar-refractivity contribution in [3.05, 3.63) is 59.9 Å². The molecule has 2 amide bonds. The Bertz CT molecular complexity index is 1140. The fourth-order valence-electron chi connectivity index (χ4n) is 4.75. The van der Waals surface area contributed by atoms with Crippen molar-refractivity contribution in [3.8, 4) is 0 Å². The maximum atomic E-state index is 13.7. The Balaban J connectivity index is 1.54. The lowest BCUT2D eigenvalue weighted by Gasteiger charge is -2.24. The topological polar surface area (TPSA) is 78.7 Å². The molecule has 1 unspecified atom stereocenters. The minimum atomic E-state index is -0.744. The first-order chi connectivity index (χ1) is 14.0. The van der Waals surface area contributed by atoms with E-state index in [0.717, 1.165) is 28.1 Å². The van der Waals surface area contributed by atoms with E-state index in [1.54, 1.807) is 9.80 Å². The van der Waals surface area contributed by atoms with Gasteiger partial charge >= 0.3 is 0 Å². The minimum absolute atomic E-state index is 0.000930. The summed E-state index contributed by atoms with van der Waals surface area (Å²) in [6, 6.07) is 15.7. The van der Waals surface area contributed by atoms with Crippen molar-refractivity contribution in [1.82, 2.24) is 14.5 Å². The number of carbonyl (C=O) groups excluding carboxylic acids is 2. The van der Waals surface area contributed by atoms with Gasteiger partial charge in [-0.05, 0) is 30.2 Å². The number of aliphatic hydroxyl groups excluding tert-OH is 1. The Morgan fingerprint density at radius 2 is 1.93 bits per heavy atom. The van der Waals surface area contributed by atoms with Crippen molar-refractivity contribution in [2.45, 2.75) is 18.4 Å². The van der Waals surface area contributed by atoms with Crippen LogP contribution in [-0.2, 0) is 28.6 Å². The van der Waals surface area contributed by atoms with E-state index in [2.05, 4.69) is 0 Å². The lowest BCUT2D eigenvalue weighted by molar-refractivity contribution is -0.133. The number of aromatic nitrogens is 2. The summed E-state index contributed by atoms with van der Waals surface area (Å²) in [7, 11) is 1.96. The van der Waals surface area contributed by atoms with Crippen molar-refractivity contribution in [3.63, 3.8) is 0 Å². The van der Waals surface area contributed by atoms with Gasteiger partial charge < -0.3 is 19.5 Å². The number of benzene rings is 2. The summed E-state index contributed by atoms with van der Waals surface area (Å²) in [6.45, 7) is 0.618. The Hall–Kier alpha value is -3.19. The third kappa shape index (κ3) is 2.50. The number of aryl methyl sites for hydroxylation is 1. The number of para-hydroxylation sites is 3. The molecule has 0 saturated carbocycles. The summed E-state index contributed by atoms with van der Waals surface area (Å²) in [5, 5.41) is 9.24. The predicted octanol–water partition coefficient (Wildman–Crippen LogP) is 1.58. The van der Waals surface area contributed by atoms with E-state index >= 15 is 0 Å². The molecule has 1 fully saturated rings. The molecule has 1 saturated heterocycles. The van der Waals surface area contributed by atoms with Gasteiger partial charge in [-0.25, -0.2) is 4.98 Å². The number of nitrogens with zero attached hydrogens (tertiary/aromatic N) is 4. The van der Waals surface area contributed by atoms with E-state index in [-0.39, 0.29) is 11.8 Å². The Kier molecular flexibility index (Phi) is 3.96. The van der Waals surface area contributed by atoms with Crippen LogP contribution in [0.25, 0.3) is 11.0 Å². The Morgan fingerprint density at radius 1 is 1.17 bits per heavy atom. The number of anilines is 1. The van der Waals surface area contributed by atoms with Crippen LogP contribution in [-0.4, -0.2) is 51.1 Å². The van der Waals surface area contributed by atoms with Gasteiger partial charge in [-0.15, -0.1) is 0 Å². The molecule has 0 aliphatic carbocycles. The van der Waals surface area contributed by atoms with Crippen LogP contribution in [0.4, 0.5) is 5.69 Å². The van der Waals surface area contributed by atoms with Crippen LogP contribution in [0.2, 0.25) is 0 Å². The third-order valence-corrected chi connectivity index (χ3v) is 6.30. The number of fused-ring (bicyclic) bond motifs is 3. The molecule has 1 N–H and O–H groups in total. The van der Waals surface area contributed by atoms with Crippen LogP contribution in [0, 0.1) is 0 Å². The second kappa shape index (κ2) is 6.42. The normalized spacial score (nSPS) is 20.8. The van der Waals surface area contributed by atoms with Crippen LogP contribution < -0.4 is 4.90 Å². The molecule has 1 atom stereocenters. The smallest absolute Gasteiger partial charge is 0.248 e. The van der Waals surface area contributed by atoms with Gasteiger partial charge in [-0.2, -0.15) is 0 Å². The Labute approximate surface area is 168 Å². The standard InChI is InChI=1S/C22H22N4O3/c1-24-18-9-5-3-7-16(18)23-19(24)12-26-17-8-4-2-6-15(17)22(21(26)29)10-11-25(14-22)20(28)13-27/h2-9,27H,10-14H2,1H3. The average molecular weight is 390 g/mol. The van der Waals surface area contributed by atoms with E-state index in [9.17, 15) is 14.7 Å². The van der Waals surface area contributed by atoms with Crippen LogP contribution in [0.5, 0.6) is 0 Å². The molecule has 1 spiro atoms. The van der Waals surface area contributed by atoms with Crippen molar-refractivity contribution in [2.24, 2.45) is 7.05 Å². The van der Waals surface area contributed by atoms with Crippen molar-refractivity contribution < 1.29 is 14.7 Å². The van der Waals surface area contributed by atoms with Crippen LogP contribution in [0.1, 0.15) is 17.8 Å². The zero-order valence-electron chi connectivity index (χ0n) is 16.2. The van der Waals surface area contributed by atoms with Crippen molar-refractivity contribution in [2.75, 3.05) is 24.6 Å². The number of rotatable bonds is 3. The number of carbonyl (C=O) groups is 2. The second-order valence-electron chi connectivity index (χ2n) is 7.79. The van der Waals surface area contributed by atoms with Crippen LogP contribution in [0.15, 0.2) is 48.5 Å². The molecule has 29 heavy (non-hydrogen) atoms. The fourth-order valence-corrected chi connectivity index (χ4v) is 4.75. The average Bonchev–Trinajstić information content (AvgIpc) is 3.40. The first-order valence-electron chi connectivity index (χ1n) is 9.75. The number of hydrogen-bond acceptors (Lipinski definition) is 4. The number of hydrogen-bond donors (Lipinski definition) is 1. The number of amides is 2. The van der Waals surface area contributed by atoms with Gasteiger partial charge in [0.15, 0.2) is 0 Å². The summed E-state index contributed by atoms with van der Waals surface area (Å²) < 4.78 is 2.02. The lowest BCUT2D eigenvalue weighted by atomic mass is 9.81. The molecule has 3 heterocycles. The van der Waals surface area contributed by atoms with E-state index in [4.69, 9.17) is 4.98 Å². The summed E-state index contributed by atoms with van der Waals surface area (Å²) in [5.74, 6) is 0.479. The molecule has 0 bridgehead atoms. The van der Waals surface area contributed by atoms with E-state index in [1.807, 2.05) is 60.1 Å². The van der Waals surface area contributed by atoms with E-state index in [1.165, 1.54) is 0 Å². The van der Waals surface area contributed by atoms with Gasteiger partial charge in [0.05, 0.1) is 23.0 Å². The second-order valence-corrected chi connectivity index (χ2v) is 7.79. The zero-order valence-corrected chi connectivity index (χ0v) is 16.2. The van der Waals surface area contributed by atoms with E-state index < -0.39 is 12.0 Å². The molecule has 2 aliphatic heterocycles. The molecular weight excluding hydrogens is 368 g/mol. The molecular formula is C22H22N4O3. The van der Waals surface area contributed by atoms with Crippen molar-refractivity contribution in [1.29, 1.82) is 0 Å². The summed E-state index contributed by atoms with van der Waals surface area (Å²) in [5.41, 5.74) is 3.02. The minimum Gasteiger partial charge on any atom is -0.387 e. The maximum Gasteiger partial charge on any atom is 0.248 e. The Morgan fingerprint density at radius 3 is 2.72 bits per heavy atom. The summed E-state index contributed by atoms with van der Waals surface area (Å²) in [6.07, 6.45) is 0.563. The summed E-state index contributed by atoms with van der Waals surface area (Å²) in [4.78, 5) is 33.8. The van der Waals surface area contributed by atoms with Crippen molar-refractivity contribution >= 4 is 28.5 Å². The highest BCUT2D eigenvalue weighted by Gasteiger charge is 2.55. The first-order valence-corrected chi connectivity index (χ1v) is 9.75. The first kappa shape index (κ1) is 17.9. The largest absolute Gasteiger partial charge is 0.387 e. The SMILES string of the molecule is Cn1c(CN2C(=O)C3(CCN(C(=O)CO)C3)c3ccccc32)nc2ccccc21. The molecule has 1 aromatic heterocycles. The summed E-state index contributed by atoms with van der Waals surface area (Å²) >= 11 is 0. The van der Waals surface area contributed by atoms with Gasteiger partial charge in [0.2, 0.25) is 11.8 Å². The molecule has 0 radical (unpaired) electrons. The zero-order chi connectivity index (χ0) is 20.2. The predicted molar refractivity (Wildman–Crippen MR) is 108 cm³/mol. The maximum absolute atomic E-state index is 13.7. The molecule has 148 valence electrons. The van der Waals surface area contributed by atoms with Crippen LogP contribution in [0.3, 0.4) is 0 Å². The number of imidazole rings is 1. The molecule has 3 aromatic rings. The van der Waals surface area contributed by atoms with Crippen LogP contribution >= 0.6 is 0 Å². The molecule has 7 heteroatoms. The molecule has 2 aliphatic rings. The van der Waals surface area contributed by atoms with Gasteiger partial charge in [0, 0.05) is 25.8 Å². The van der Waals surface area contributed by atoms with Gasteiger partial charge in [-0.3, -0.25) is 9.59 Å². The lowest BCUT2D eigenvalue weighted by Crippen LogP contribution is -2.43. The highest BCUT2D eigenvalue weighted by Crippen LogP contribution is 2.47. The molecule has 2 aromatic carbocycles. The monoisotopic (exact) mass is 390 g/mol. The van der Waals surface area contributed by atoms with Gasteiger partial charge in [0.1, 0.15) is 12.4 Å². The molecule has 5 rings (SSSR count). The molecule has 7 nitrogen and oxygen atoms in total. The van der Waals surface area contributed by atoms with Gasteiger partial charge in [0.25, 0.3) is 0 Å². The number of aliphatic hydroxyl groups is 1.